The fraction of sp³-hybridized carbons (Fsp3) is 0.250. The summed E-state index contributed by atoms with van der Waals surface area (Å²) < 4.78 is 1.79. The highest BCUT2D eigenvalue weighted by Gasteiger charge is 2.10. The Balaban J connectivity index is 2.12. The molecule has 19 heavy (non-hydrogen) atoms. The lowest BCUT2D eigenvalue weighted by Crippen LogP contribution is -2.02. The van der Waals surface area contributed by atoms with E-state index in [1.54, 1.807) is 16.9 Å². The van der Waals surface area contributed by atoms with E-state index in [0.29, 0.717) is 17.3 Å². The van der Waals surface area contributed by atoms with Crippen molar-refractivity contribution >= 4 is 23.0 Å². The summed E-state index contributed by atoms with van der Waals surface area (Å²) in [6.07, 6.45) is 1.78. The summed E-state index contributed by atoms with van der Waals surface area (Å²) in [4.78, 5) is 10.1. The predicted octanol–water partition coefficient (Wildman–Crippen LogP) is 2.90. The molecule has 1 heterocycles. The Morgan fingerprint density at radius 3 is 2.79 bits per heavy atom. The number of nitrogens with one attached hydrogen (secondary N) is 1. The van der Waals surface area contributed by atoms with Crippen LogP contribution in [-0.4, -0.2) is 14.7 Å². The summed E-state index contributed by atoms with van der Waals surface area (Å²) in [6, 6.07) is 4.36. The first-order valence-electron chi connectivity index (χ1n) is 5.64. The van der Waals surface area contributed by atoms with Gasteiger partial charge in [0.05, 0.1) is 21.8 Å². The van der Waals surface area contributed by atoms with Gasteiger partial charge in [0.15, 0.2) is 0 Å². The SMILES string of the molecule is Cc1c(CNc2ccc([N+](=O)[O-])cc2Cl)cnn1C. The Morgan fingerprint density at radius 1 is 1.53 bits per heavy atom. The highest BCUT2D eigenvalue weighted by molar-refractivity contribution is 6.33. The van der Waals surface area contributed by atoms with E-state index in [4.69, 9.17) is 11.6 Å². The van der Waals surface area contributed by atoms with E-state index in [0.717, 1.165) is 11.3 Å². The molecule has 0 aliphatic carbocycles. The second kappa shape index (κ2) is 5.27. The molecule has 7 heteroatoms. The van der Waals surface area contributed by atoms with Gasteiger partial charge in [-0.3, -0.25) is 14.8 Å². The minimum atomic E-state index is -0.471. The second-order valence-corrected chi connectivity index (χ2v) is 4.56. The molecule has 0 saturated heterocycles. The van der Waals surface area contributed by atoms with Gasteiger partial charge in [-0.1, -0.05) is 11.6 Å². The number of nitro benzene ring substituents is 1. The zero-order valence-corrected chi connectivity index (χ0v) is 11.3. The van der Waals surface area contributed by atoms with Gasteiger partial charge in [0.1, 0.15) is 0 Å². The Kier molecular flexibility index (Phi) is 3.71. The van der Waals surface area contributed by atoms with Crippen LogP contribution >= 0.6 is 11.6 Å². The van der Waals surface area contributed by atoms with Crippen LogP contribution in [0.25, 0.3) is 0 Å². The van der Waals surface area contributed by atoms with Gasteiger partial charge in [-0.2, -0.15) is 5.10 Å². The number of non-ortho nitro benzene ring substituents is 1. The quantitative estimate of drug-likeness (QED) is 0.690. The maximum atomic E-state index is 10.6. The van der Waals surface area contributed by atoms with Gasteiger partial charge in [0, 0.05) is 37.0 Å². The van der Waals surface area contributed by atoms with Gasteiger partial charge < -0.3 is 5.32 Å². The fourth-order valence-electron chi connectivity index (χ4n) is 1.67. The minimum Gasteiger partial charge on any atom is -0.380 e. The largest absolute Gasteiger partial charge is 0.380 e. The van der Waals surface area contributed by atoms with Crippen molar-refractivity contribution < 1.29 is 4.92 Å². The molecule has 1 aromatic carbocycles. The van der Waals surface area contributed by atoms with Crippen LogP contribution in [0, 0.1) is 17.0 Å². The first-order valence-corrected chi connectivity index (χ1v) is 6.02. The number of hydrogen-bond acceptors (Lipinski definition) is 4. The second-order valence-electron chi connectivity index (χ2n) is 4.15. The number of hydrogen-bond donors (Lipinski definition) is 1. The monoisotopic (exact) mass is 280 g/mol. The van der Waals surface area contributed by atoms with Crippen LogP contribution in [0.5, 0.6) is 0 Å². The molecule has 1 N–H and O–H groups in total. The molecule has 0 radical (unpaired) electrons. The molecular formula is C12H13ClN4O2. The molecule has 1 aromatic heterocycles. The maximum absolute atomic E-state index is 10.6. The van der Waals surface area contributed by atoms with E-state index in [9.17, 15) is 10.1 Å². The zero-order valence-electron chi connectivity index (χ0n) is 10.6. The molecule has 0 saturated carbocycles. The molecule has 0 aliphatic heterocycles. The Bertz CT molecular complexity index is 624. The van der Waals surface area contributed by atoms with Crippen LogP contribution in [-0.2, 0) is 13.6 Å². The molecule has 0 spiro atoms. The third-order valence-electron chi connectivity index (χ3n) is 2.97. The number of halogens is 1. The average molecular weight is 281 g/mol. The smallest absolute Gasteiger partial charge is 0.271 e. The summed E-state index contributed by atoms with van der Waals surface area (Å²) in [6.45, 7) is 2.54. The van der Waals surface area contributed by atoms with Crippen molar-refractivity contribution in [1.82, 2.24) is 9.78 Å². The van der Waals surface area contributed by atoms with Crippen molar-refractivity contribution in [2.45, 2.75) is 13.5 Å². The molecule has 0 aliphatic rings. The lowest BCUT2D eigenvalue weighted by molar-refractivity contribution is -0.384. The predicted molar refractivity (Wildman–Crippen MR) is 73.4 cm³/mol. The lowest BCUT2D eigenvalue weighted by atomic mass is 10.2. The van der Waals surface area contributed by atoms with E-state index in [2.05, 4.69) is 10.4 Å². The van der Waals surface area contributed by atoms with Crippen molar-refractivity contribution in [2.75, 3.05) is 5.32 Å². The molecule has 0 unspecified atom stereocenters. The van der Waals surface area contributed by atoms with E-state index >= 15 is 0 Å². The maximum Gasteiger partial charge on any atom is 0.271 e. The van der Waals surface area contributed by atoms with Crippen LogP contribution in [0.4, 0.5) is 11.4 Å². The van der Waals surface area contributed by atoms with Gasteiger partial charge in [-0.25, -0.2) is 0 Å². The van der Waals surface area contributed by atoms with Crippen molar-refractivity contribution in [3.05, 3.63) is 50.8 Å². The topological polar surface area (TPSA) is 73.0 Å². The lowest BCUT2D eigenvalue weighted by Gasteiger charge is -2.07. The molecule has 0 bridgehead atoms. The van der Waals surface area contributed by atoms with Gasteiger partial charge in [-0.15, -0.1) is 0 Å². The van der Waals surface area contributed by atoms with Crippen LogP contribution in [0.15, 0.2) is 24.4 Å². The number of anilines is 1. The molecule has 0 atom stereocenters. The first-order chi connectivity index (χ1) is 8.99. The number of nitro groups is 1. The van der Waals surface area contributed by atoms with Crippen molar-refractivity contribution in [3.63, 3.8) is 0 Å². The molecular weight excluding hydrogens is 268 g/mol. The summed E-state index contributed by atoms with van der Waals surface area (Å²) in [5.74, 6) is 0. The van der Waals surface area contributed by atoms with Crippen molar-refractivity contribution in [1.29, 1.82) is 0 Å². The molecule has 0 fully saturated rings. The van der Waals surface area contributed by atoms with Gasteiger partial charge in [0.25, 0.3) is 5.69 Å². The van der Waals surface area contributed by atoms with E-state index in [1.807, 2.05) is 14.0 Å². The third-order valence-corrected chi connectivity index (χ3v) is 3.28. The van der Waals surface area contributed by atoms with Crippen molar-refractivity contribution in [3.8, 4) is 0 Å². The Morgan fingerprint density at radius 2 is 2.26 bits per heavy atom. The molecule has 2 rings (SSSR count). The minimum absolute atomic E-state index is 0.0203. The molecule has 0 amide bonds. The number of nitrogens with zero attached hydrogens (tertiary/aromatic N) is 3. The van der Waals surface area contributed by atoms with Crippen molar-refractivity contribution in [2.24, 2.45) is 7.05 Å². The highest BCUT2D eigenvalue weighted by Crippen LogP contribution is 2.27. The summed E-state index contributed by atoms with van der Waals surface area (Å²) in [5, 5.41) is 18.2. The van der Waals surface area contributed by atoms with Gasteiger partial charge in [-0.05, 0) is 13.0 Å². The fourth-order valence-corrected chi connectivity index (χ4v) is 1.91. The third kappa shape index (κ3) is 2.85. The highest BCUT2D eigenvalue weighted by atomic mass is 35.5. The number of benzene rings is 1. The van der Waals surface area contributed by atoms with E-state index < -0.39 is 4.92 Å². The Hall–Kier alpha value is -2.08. The summed E-state index contributed by atoms with van der Waals surface area (Å²) in [5.41, 5.74) is 2.76. The van der Waals surface area contributed by atoms with Crippen LogP contribution in [0.2, 0.25) is 5.02 Å². The van der Waals surface area contributed by atoms with Crippen LogP contribution < -0.4 is 5.32 Å². The zero-order chi connectivity index (χ0) is 14.0. The number of aryl methyl sites for hydroxylation is 1. The van der Waals surface area contributed by atoms with Gasteiger partial charge >= 0.3 is 0 Å². The molecule has 100 valence electrons. The Labute approximate surface area is 115 Å². The van der Waals surface area contributed by atoms with E-state index in [1.165, 1.54) is 12.1 Å². The van der Waals surface area contributed by atoms with Gasteiger partial charge in [0.2, 0.25) is 0 Å². The standard InChI is InChI=1S/C12H13ClN4O2/c1-8-9(7-15-16(8)2)6-14-12-4-3-10(17(18)19)5-11(12)13/h3-5,7,14H,6H2,1-2H3. The first kappa shape index (κ1) is 13.4. The van der Waals surface area contributed by atoms with E-state index in [-0.39, 0.29) is 5.69 Å². The molecule has 6 nitrogen and oxygen atoms in total. The normalized spacial score (nSPS) is 10.5. The number of rotatable bonds is 4. The van der Waals surface area contributed by atoms with Crippen LogP contribution in [0.3, 0.4) is 0 Å². The molecule has 2 aromatic rings. The summed E-state index contributed by atoms with van der Waals surface area (Å²) >= 11 is 6.00. The van der Waals surface area contributed by atoms with Crippen LogP contribution in [0.1, 0.15) is 11.3 Å². The number of aromatic nitrogens is 2. The average Bonchev–Trinajstić information content (AvgIpc) is 2.68. The summed E-state index contributed by atoms with van der Waals surface area (Å²) in [7, 11) is 1.87.